The van der Waals surface area contributed by atoms with Crippen molar-refractivity contribution in [2.45, 2.75) is 50.2 Å². The molecule has 0 radical (unpaired) electrons. The molecule has 1 aliphatic heterocycles. The lowest BCUT2D eigenvalue weighted by Gasteiger charge is -2.40. The molecule has 3 N–H and O–H groups in total. The predicted octanol–water partition coefficient (Wildman–Crippen LogP) is 4.57. The molecule has 182 valence electrons. The molecule has 7 heteroatoms. The summed E-state index contributed by atoms with van der Waals surface area (Å²) in [5.41, 5.74) is 12.3. The van der Waals surface area contributed by atoms with Crippen molar-refractivity contribution in [1.29, 1.82) is 0 Å². The van der Waals surface area contributed by atoms with Crippen molar-refractivity contribution in [3.8, 4) is 11.3 Å². The van der Waals surface area contributed by atoms with Gasteiger partial charge in [-0.3, -0.25) is 9.30 Å². The Kier molecular flexibility index (Phi) is 5.15. The van der Waals surface area contributed by atoms with Gasteiger partial charge in [-0.05, 0) is 49.8 Å². The smallest absolute Gasteiger partial charge is 0.150 e. The molecule has 2 fully saturated rings. The van der Waals surface area contributed by atoms with Crippen LogP contribution in [0.5, 0.6) is 0 Å². The second-order valence-corrected chi connectivity index (χ2v) is 10.4. The van der Waals surface area contributed by atoms with Crippen molar-refractivity contribution < 1.29 is 5.11 Å². The molecule has 0 amide bonds. The summed E-state index contributed by atoms with van der Waals surface area (Å²) in [4.78, 5) is 17.0. The van der Waals surface area contributed by atoms with Gasteiger partial charge in [-0.1, -0.05) is 36.4 Å². The van der Waals surface area contributed by atoms with Gasteiger partial charge in [0.05, 0.1) is 17.3 Å². The largest absolute Gasteiger partial charge is 0.392 e. The fourth-order valence-corrected chi connectivity index (χ4v) is 6.00. The lowest BCUT2D eigenvalue weighted by atomic mass is 9.79. The second kappa shape index (κ2) is 8.54. The van der Waals surface area contributed by atoms with E-state index in [9.17, 15) is 5.11 Å². The van der Waals surface area contributed by atoms with E-state index in [4.69, 9.17) is 15.7 Å². The number of likely N-dealkylation sites (tertiary alicyclic amines) is 1. The monoisotopic (exact) mass is 478 g/mol. The van der Waals surface area contributed by atoms with Crippen molar-refractivity contribution >= 4 is 27.8 Å². The third-order valence-electron chi connectivity index (χ3n) is 8.06. The first kappa shape index (κ1) is 21.7. The van der Waals surface area contributed by atoms with Crippen LogP contribution in [0.3, 0.4) is 0 Å². The van der Waals surface area contributed by atoms with E-state index in [0.717, 1.165) is 84.4 Å². The number of nitrogen functional groups attached to an aromatic ring is 1. The van der Waals surface area contributed by atoms with Gasteiger partial charge in [0.1, 0.15) is 22.9 Å². The topological polar surface area (TPSA) is 92.6 Å². The molecule has 7 rings (SSSR count). The number of rotatable bonds is 4. The summed E-state index contributed by atoms with van der Waals surface area (Å²) in [7, 11) is 0. The molecule has 3 aliphatic rings. The van der Waals surface area contributed by atoms with Crippen molar-refractivity contribution in [3.05, 3.63) is 72.5 Å². The van der Waals surface area contributed by atoms with E-state index in [2.05, 4.69) is 62.8 Å². The first-order valence-electron chi connectivity index (χ1n) is 13.0. The number of aliphatic hydroxyl groups excluding tert-OH is 1. The Balaban J connectivity index is 1.26. The van der Waals surface area contributed by atoms with Gasteiger partial charge in [-0.25, -0.2) is 15.0 Å². The Morgan fingerprint density at radius 1 is 1.06 bits per heavy atom. The number of allylic oxidation sites excluding steroid dienone is 4. The van der Waals surface area contributed by atoms with E-state index in [1.807, 2.05) is 6.20 Å². The molecule has 2 aliphatic carbocycles. The van der Waals surface area contributed by atoms with E-state index in [0.29, 0.717) is 17.8 Å². The highest BCUT2D eigenvalue weighted by Crippen LogP contribution is 2.42. The Morgan fingerprint density at radius 3 is 2.75 bits per heavy atom. The normalized spacial score (nSPS) is 24.4. The zero-order valence-electron chi connectivity index (χ0n) is 20.2. The quantitative estimate of drug-likeness (QED) is 0.446. The number of anilines is 1. The third kappa shape index (κ3) is 3.62. The number of pyridine rings is 1. The highest BCUT2D eigenvalue weighted by molar-refractivity contribution is 5.91. The summed E-state index contributed by atoms with van der Waals surface area (Å²) in [5.74, 6) is 1.90. The molecule has 0 bridgehead atoms. The van der Waals surface area contributed by atoms with Crippen LogP contribution >= 0.6 is 0 Å². The number of aliphatic hydroxyl groups is 1. The van der Waals surface area contributed by atoms with Crippen LogP contribution < -0.4 is 5.73 Å². The molecule has 7 nitrogen and oxygen atoms in total. The Bertz CT molecular complexity index is 1530. The molecular weight excluding hydrogens is 448 g/mol. The average molecular weight is 479 g/mol. The van der Waals surface area contributed by atoms with Crippen molar-refractivity contribution in [3.63, 3.8) is 0 Å². The third-order valence-corrected chi connectivity index (χ3v) is 8.06. The summed E-state index contributed by atoms with van der Waals surface area (Å²) in [6.45, 7) is 1.78. The van der Waals surface area contributed by atoms with Gasteiger partial charge in [0.25, 0.3) is 0 Å². The zero-order valence-corrected chi connectivity index (χ0v) is 20.2. The number of hydrogen-bond acceptors (Lipinski definition) is 6. The minimum atomic E-state index is -0.179. The van der Waals surface area contributed by atoms with Crippen LogP contribution in [0, 0.1) is 0 Å². The number of aromatic nitrogens is 4. The molecular formula is C29H30N6O. The van der Waals surface area contributed by atoms with Crippen LogP contribution in [-0.4, -0.2) is 54.6 Å². The lowest BCUT2D eigenvalue weighted by Crippen LogP contribution is -2.43. The van der Waals surface area contributed by atoms with Crippen molar-refractivity contribution in [2.75, 3.05) is 18.8 Å². The maximum Gasteiger partial charge on any atom is 0.150 e. The summed E-state index contributed by atoms with van der Waals surface area (Å²) in [5, 5.41) is 11.0. The fraction of sp³-hybridized carbons (Fsp3) is 0.345. The lowest BCUT2D eigenvalue weighted by molar-refractivity contribution is 0.107. The molecule has 1 saturated heterocycles. The first-order valence-corrected chi connectivity index (χ1v) is 13.0. The number of benzene rings is 1. The number of fused-ring (bicyclic) bond motifs is 2. The SMILES string of the molecule is Nc1nccn2c1c(-c1ccc3ccc(C4=CCCC=C4)nc3c1)nc2[C@H]1C[C@@H](N2CC[C@@H](O)C2)C1. The summed E-state index contributed by atoms with van der Waals surface area (Å²) >= 11 is 0. The van der Waals surface area contributed by atoms with E-state index >= 15 is 0 Å². The standard InChI is InChI=1S/C29H30N6O/c30-28-27-26(20-7-6-19-8-9-24(32-25(19)16-20)18-4-2-1-3-5-18)33-29(35(27)13-11-31-28)21-14-22(15-21)34-12-10-23(36)17-34/h2,4-9,11,13,16,21-23,36H,1,3,10,12,14-15,17H2,(H2,30,31)/t21-,22+,23-/m1/s1. The molecule has 4 heterocycles. The average Bonchev–Trinajstić information content (AvgIpc) is 3.48. The molecule has 36 heavy (non-hydrogen) atoms. The van der Waals surface area contributed by atoms with Crippen molar-refractivity contribution in [1.82, 2.24) is 24.3 Å². The Morgan fingerprint density at radius 2 is 1.94 bits per heavy atom. The van der Waals surface area contributed by atoms with Gasteiger partial charge in [-0.2, -0.15) is 0 Å². The number of β-amino-alcohol motifs (C(OH)–C–C–N with tert-alkyl or cyclic N) is 1. The molecule has 1 atom stereocenters. The van der Waals surface area contributed by atoms with Gasteiger partial charge >= 0.3 is 0 Å². The number of nitrogens with zero attached hydrogens (tertiary/aromatic N) is 5. The molecule has 1 saturated carbocycles. The van der Waals surface area contributed by atoms with Crippen LogP contribution in [0.15, 0.2) is 61.0 Å². The second-order valence-electron chi connectivity index (χ2n) is 10.4. The van der Waals surface area contributed by atoms with Gasteiger partial charge in [-0.15, -0.1) is 0 Å². The van der Waals surface area contributed by atoms with Crippen LogP contribution in [-0.2, 0) is 0 Å². The van der Waals surface area contributed by atoms with Gasteiger partial charge in [0.15, 0.2) is 0 Å². The highest BCUT2D eigenvalue weighted by Gasteiger charge is 2.39. The first-order chi connectivity index (χ1) is 17.6. The van der Waals surface area contributed by atoms with Gasteiger partial charge < -0.3 is 10.8 Å². The zero-order chi connectivity index (χ0) is 24.2. The maximum atomic E-state index is 9.93. The number of hydrogen-bond donors (Lipinski definition) is 2. The fourth-order valence-electron chi connectivity index (χ4n) is 6.00. The number of imidazole rings is 1. The van der Waals surface area contributed by atoms with Gasteiger partial charge in [0.2, 0.25) is 0 Å². The summed E-state index contributed by atoms with van der Waals surface area (Å²) < 4.78 is 2.13. The van der Waals surface area contributed by atoms with E-state index < -0.39 is 0 Å². The highest BCUT2D eigenvalue weighted by atomic mass is 16.3. The van der Waals surface area contributed by atoms with Crippen LogP contribution in [0.4, 0.5) is 5.82 Å². The number of nitrogens with two attached hydrogens (primary N) is 1. The summed E-state index contributed by atoms with van der Waals surface area (Å²) in [6.07, 6.45) is 15.3. The molecule has 4 aromatic rings. The van der Waals surface area contributed by atoms with Gasteiger partial charge in [0, 0.05) is 48.4 Å². The molecule has 0 unspecified atom stereocenters. The Hall–Kier alpha value is -3.55. The van der Waals surface area contributed by atoms with Crippen LogP contribution in [0.1, 0.15) is 49.5 Å². The molecule has 0 spiro atoms. The Labute approximate surface area is 210 Å². The van der Waals surface area contributed by atoms with Crippen molar-refractivity contribution in [2.24, 2.45) is 0 Å². The molecule has 3 aromatic heterocycles. The minimum Gasteiger partial charge on any atom is -0.392 e. The summed E-state index contributed by atoms with van der Waals surface area (Å²) in [6, 6.07) is 11.1. The maximum absolute atomic E-state index is 9.93. The van der Waals surface area contributed by atoms with E-state index in [1.54, 1.807) is 6.20 Å². The molecule has 1 aromatic carbocycles. The van der Waals surface area contributed by atoms with E-state index in [-0.39, 0.29) is 6.10 Å². The van der Waals surface area contributed by atoms with E-state index in [1.165, 1.54) is 5.57 Å². The van der Waals surface area contributed by atoms with Crippen LogP contribution in [0.2, 0.25) is 0 Å². The van der Waals surface area contributed by atoms with Crippen LogP contribution in [0.25, 0.3) is 33.3 Å². The predicted molar refractivity (Wildman–Crippen MR) is 142 cm³/mol. The minimum absolute atomic E-state index is 0.179.